The van der Waals surface area contributed by atoms with Crippen molar-refractivity contribution in [2.24, 2.45) is 5.92 Å². The van der Waals surface area contributed by atoms with Crippen molar-refractivity contribution in [2.45, 2.75) is 19.3 Å². The first-order valence-electron chi connectivity index (χ1n) is 6.91. The van der Waals surface area contributed by atoms with Crippen LogP contribution in [-0.2, 0) is 16.0 Å². The predicted molar refractivity (Wildman–Crippen MR) is 87.3 cm³/mol. The van der Waals surface area contributed by atoms with Gasteiger partial charge in [-0.25, -0.2) is 4.98 Å². The lowest BCUT2D eigenvalue weighted by Crippen LogP contribution is -2.15. The molecule has 0 unspecified atom stereocenters. The number of nitrogens with one attached hydrogen (secondary N) is 2. The molecule has 114 valence electrons. The molecule has 0 atom stereocenters. The number of thiazole rings is 1. The van der Waals surface area contributed by atoms with Crippen LogP contribution in [0.1, 0.15) is 18.5 Å². The van der Waals surface area contributed by atoms with Gasteiger partial charge < -0.3 is 10.6 Å². The standard InChI is InChI=1S/C15H14ClN3O2S/c16-10-3-5-11(6-4-10)17-13(20)7-12-8-22-15(18-12)19-14(21)9-1-2-9/h3-6,8-9H,1-2,7H2,(H,17,20)(H,18,19,21). The quantitative estimate of drug-likeness (QED) is 0.880. The van der Waals surface area contributed by atoms with E-state index in [2.05, 4.69) is 15.6 Å². The first kappa shape index (κ1) is 15.0. The number of hydrogen-bond donors (Lipinski definition) is 2. The van der Waals surface area contributed by atoms with Gasteiger partial charge in [0.25, 0.3) is 0 Å². The Morgan fingerprint density at radius 2 is 1.95 bits per heavy atom. The number of nitrogens with zero attached hydrogens (tertiary/aromatic N) is 1. The lowest BCUT2D eigenvalue weighted by molar-refractivity contribution is -0.117. The number of rotatable bonds is 5. The van der Waals surface area contributed by atoms with Gasteiger partial charge in [-0.1, -0.05) is 11.6 Å². The molecular weight excluding hydrogens is 322 g/mol. The maximum absolute atomic E-state index is 11.9. The van der Waals surface area contributed by atoms with Crippen LogP contribution in [-0.4, -0.2) is 16.8 Å². The minimum atomic E-state index is -0.160. The Balaban J connectivity index is 1.53. The predicted octanol–water partition coefficient (Wildman–Crippen LogP) is 3.33. The van der Waals surface area contributed by atoms with Crippen molar-refractivity contribution in [1.29, 1.82) is 0 Å². The van der Waals surface area contributed by atoms with Gasteiger partial charge in [0.15, 0.2) is 5.13 Å². The Kier molecular flexibility index (Phi) is 4.40. The zero-order valence-corrected chi connectivity index (χ0v) is 13.2. The van der Waals surface area contributed by atoms with Crippen LogP contribution in [0.5, 0.6) is 0 Å². The maximum Gasteiger partial charge on any atom is 0.230 e. The molecule has 22 heavy (non-hydrogen) atoms. The van der Waals surface area contributed by atoms with Gasteiger partial charge in [-0.2, -0.15) is 0 Å². The maximum atomic E-state index is 11.9. The Labute approximate surface area is 136 Å². The van der Waals surface area contributed by atoms with E-state index < -0.39 is 0 Å². The van der Waals surface area contributed by atoms with Crippen LogP contribution in [0.25, 0.3) is 0 Å². The molecule has 2 amide bonds. The van der Waals surface area contributed by atoms with E-state index in [9.17, 15) is 9.59 Å². The van der Waals surface area contributed by atoms with E-state index in [1.54, 1.807) is 29.6 Å². The summed E-state index contributed by atoms with van der Waals surface area (Å²) in [5.74, 6) is -0.000221. The topological polar surface area (TPSA) is 71.1 Å². The average Bonchev–Trinajstić information content (AvgIpc) is 3.25. The Morgan fingerprint density at radius 3 is 2.64 bits per heavy atom. The summed E-state index contributed by atoms with van der Waals surface area (Å²) in [6.07, 6.45) is 2.07. The van der Waals surface area contributed by atoms with E-state index in [-0.39, 0.29) is 24.2 Å². The first-order valence-corrected chi connectivity index (χ1v) is 8.16. The fourth-order valence-electron chi connectivity index (χ4n) is 1.90. The Hall–Kier alpha value is -1.92. The van der Waals surface area contributed by atoms with E-state index in [1.807, 2.05) is 0 Å². The summed E-state index contributed by atoms with van der Waals surface area (Å²) in [6, 6.07) is 6.90. The number of carbonyl (C=O) groups excluding carboxylic acids is 2. The number of halogens is 1. The lowest BCUT2D eigenvalue weighted by Gasteiger charge is -2.03. The summed E-state index contributed by atoms with van der Waals surface area (Å²) >= 11 is 7.13. The molecule has 0 saturated heterocycles. The molecule has 7 heteroatoms. The minimum absolute atomic E-state index is 0.0199. The summed E-state index contributed by atoms with van der Waals surface area (Å²) in [5.41, 5.74) is 1.33. The summed E-state index contributed by atoms with van der Waals surface area (Å²) in [4.78, 5) is 27.9. The number of hydrogen-bond acceptors (Lipinski definition) is 4. The fourth-order valence-corrected chi connectivity index (χ4v) is 2.74. The summed E-state index contributed by atoms with van der Waals surface area (Å²) in [7, 11) is 0. The molecule has 0 aliphatic heterocycles. The molecule has 1 aliphatic rings. The molecule has 0 bridgehead atoms. The van der Waals surface area contributed by atoms with E-state index in [0.717, 1.165) is 12.8 Å². The second-order valence-corrected chi connectivity index (χ2v) is 6.43. The first-order chi connectivity index (χ1) is 10.6. The van der Waals surface area contributed by atoms with Gasteiger partial charge in [0.2, 0.25) is 11.8 Å². The molecule has 1 aromatic carbocycles. The van der Waals surface area contributed by atoms with Crippen molar-refractivity contribution >= 4 is 45.6 Å². The summed E-state index contributed by atoms with van der Waals surface area (Å²) in [5, 5.41) is 8.50. The van der Waals surface area contributed by atoms with E-state index in [1.165, 1.54) is 11.3 Å². The van der Waals surface area contributed by atoms with Crippen LogP contribution in [0.3, 0.4) is 0 Å². The van der Waals surface area contributed by atoms with Crippen molar-refractivity contribution in [3.05, 3.63) is 40.4 Å². The number of aromatic nitrogens is 1. The van der Waals surface area contributed by atoms with E-state index in [4.69, 9.17) is 11.6 Å². The molecular formula is C15H14ClN3O2S. The zero-order chi connectivity index (χ0) is 15.5. The lowest BCUT2D eigenvalue weighted by atomic mass is 10.3. The highest BCUT2D eigenvalue weighted by Crippen LogP contribution is 2.30. The van der Waals surface area contributed by atoms with Gasteiger partial charge in [0, 0.05) is 22.0 Å². The van der Waals surface area contributed by atoms with E-state index in [0.29, 0.717) is 21.5 Å². The van der Waals surface area contributed by atoms with Gasteiger partial charge in [0.05, 0.1) is 12.1 Å². The Morgan fingerprint density at radius 1 is 1.23 bits per heavy atom. The summed E-state index contributed by atoms with van der Waals surface area (Å²) in [6.45, 7) is 0. The molecule has 1 fully saturated rings. The smallest absolute Gasteiger partial charge is 0.230 e. The van der Waals surface area contributed by atoms with Crippen molar-refractivity contribution in [2.75, 3.05) is 10.6 Å². The molecule has 1 saturated carbocycles. The van der Waals surface area contributed by atoms with Crippen LogP contribution >= 0.6 is 22.9 Å². The van der Waals surface area contributed by atoms with Gasteiger partial charge in [-0.05, 0) is 37.1 Å². The highest BCUT2D eigenvalue weighted by molar-refractivity contribution is 7.13. The Bertz CT molecular complexity index is 695. The highest BCUT2D eigenvalue weighted by atomic mass is 35.5. The van der Waals surface area contributed by atoms with Crippen molar-refractivity contribution in [3.63, 3.8) is 0 Å². The van der Waals surface area contributed by atoms with Crippen molar-refractivity contribution in [1.82, 2.24) is 4.98 Å². The van der Waals surface area contributed by atoms with Crippen LogP contribution in [0.15, 0.2) is 29.6 Å². The van der Waals surface area contributed by atoms with Crippen LogP contribution in [0.4, 0.5) is 10.8 Å². The monoisotopic (exact) mass is 335 g/mol. The number of amides is 2. The van der Waals surface area contributed by atoms with Crippen LogP contribution in [0.2, 0.25) is 5.02 Å². The van der Waals surface area contributed by atoms with Gasteiger partial charge in [-0.3, -0.25) is 9.59 Å². The average molecular weight is 336 g/mol. The zero-order valence-electron chi connectivity index (χ0n) is 11.6. The third-order valence-electron chi connectivity index (χ3n) is 3.20. The molecule has 0 spiro atoms. The highest BCUT2D eigenvalue weighted by Gasteiger charge is 2.30. The molecule has 1 heterocycles. The third kappa shape index (κ3) is 4.05. The SMILES string of the molecule is O=C(Cc1csc(NC(=O)C2CC2)n1)Nc1ccc(Cl)cc1. The number of anilines is 2. The third-order valence-corrected chi connectivity index (χ3v) is 4.26. The molecule has 2 aromatic rings. The molecule has 3 rings (SSSR count). The second kappa shape index (κ2) is 6.46. The molecule has 1 aromatic heterocycles. The van der Waals surface area contributed by atoms with Gasteiger partial charge >= 0.3 is 0 Å². The van der Waals surface area contributed by atoms with Crippen LogP contribution < -0.4 is 10.6 Å². The summed E-state index contributed by atoms with van der Waals surface area (Å²) < 4.78 is 0. The normalized spacial score (nSPS) is 13.7. The van der Waals surface area contributed by atoms with Crippen molar-refractivity contribution in [3.8, 4) is 0 Å². The molecule has 1 aliphatic carbocycles. The number of carbonyl (C=O) groups is 2. The van der Waals surface area contributed by atoms with Gasteiger partial charge in [-0.15, -0.1) is 11.3 Å². The number of benzene rings is 1. The molecule has 0 radical (unpaired) electrons. The molecule has 2 N–H and O–H groups in total. The fraction of sp³-hybridized carbons (Fsp3) is 0.267. The van der Waals surface area contributed by atoms with Crippen molar-refractivity contribution < 1.29 is 9.59 Å². The van der Waals surface area contributed by atoms with Crippen LogP contribution in [0, 0.1) is 5.92 Å². The second-order valence-electron chi connectivity index (χ2n) is 5.14. The molecule has 5 nitrogen and oxygen atoms in total. The van der Waals surface area contributed by atoms with E-state index >= 15 is 0 Å². The minimum Gasteiger partial charge on any atom is -0.326 e. The van der Waals surface area contributed by atoms with Gasteiger partial charge in [0.1, 0.15) is 0 Å². The largest absolute Gasteiger partial charge is 0.326 e.